The molecule has 2 atom stereocenters. The average Bonchev–Trinajstić information content (AvgIpc) is 2.38. The molecule has 0 aliphatic rings. The molecule has 18 heavy (non-hydrogen) atoms. The number of hydrogen-bond acceptors (Lipinski definition) is 3. The Morgan fingerprint density at radius 1 is 1.33 bits per heavy atom. The molecular weight excluding hydrogens is 308 g/mol. The van der Waals surface area contributed by atoms with Gasteiger partial charge in [-0.15, -0.1) is 0 Å². The standard InChI is InChI=1S/C14H23BrN2S/c1-11(8-9-18-3)17(2)14(10-16)12-4-6-13(15)7-5-12/h4-7,11,14H,8-10,16H2,1-3H3. The molecule has 0 aliphatic heterocycles. The van der Waals surface area contributed by atoms with Crippen molar-refractivity contribution >= 4 is 27.7 Å². The highest BCUT2D eigenvalue weighted by molar-refractivity contribution is 9.10. The van der Waals surface area contributed by atoms with Crippen LogP contribution in [-0.2, 0) is 0 Å². The smallest absolute Gasteiger partial charge is 0.0470 e. The van der Waals surface area contributed by atoms with E-state index in [4.69, 9.17) is 5.73 Å². The Kier molecular flexibility index (Phi) is 7.30. The van der Waals surface area contributed by atoms with Crippen molar-refractivity contribution < 1.29 is 0 Å². The van der Waals surface area contributed by atoms with Gasteiger partial charge < -0.3 is 5.73 Å². The van der Waals surface area contributed by atoms with Crippen molar-refractivity contribution in [1.29, 1.82) is 0 Å². The average molecular weight is 331 g/mol. The fourth-order valence-electron chi connectivity index (χ4n) is 2.02. The zero-order chi connectivity index (χ0) is 13.5. The van der Waals surface area contributed by atoms with E-state index >= 15 is 0 Å². The van der Waals surface area contributed by atoms with Gasteiger partial charge in [-0.05, 0) is 50.1 Å². The van der Waals surface area contributed by atoms with E-state index in [0.717, 1.165) is 4.47 Å². The molecule has 0 aromatic heterocycles. The first-order valence-electron chi connectivity index (χ1n) is 6.26. The number of hydrogen-bond donors (Lipinski definition) is 1. The fourth-order valence-corrected chi connectivity index (χ4v) is 2.86. The predicted octanol–water partition coefficient (Wildman–Crippen LogP) is 3.52. The highest BCUT2D eigenvalue weighted by Gasteiger charge is 2.19. The molecule has 0 bridgehead atoms. The normalized spacial score (nSPS) is 14.8. The molecule has 4 heteroatoms. The summed E-state index contributed by atoms with van der Waals surface area (Å²) in [6.45, 7) is 2.93. The lowest BCUT2D eigenvalue weighted by Gasteiger charge is -2.32. The summed E-state index contributed by atoms with van der Waals surface area (Å²) in [4.78, 5) is 2.39. The summed E-state index contributed by atoms with van der Waals surface area (Å²) in [6.07, 6.45) is 3.35. The van der Waals surface area contributed by atoms with Crippen LogP contribution in [0, 0.1) is 0 Å². The van der Waals surface area contributed by atoms with Gasteiger partial charge in [-0.3, -0.25) is 4.90 Å². The van der Waals surface area contributed by atoms with E-state index in [0.29, 0.717) is 18.6 Å². The number of nitrogens with two attached hydrogens (primary N) is 1. The molecule has 0 spiro atoms. The van der Waals surface area contributed by atoms with Gasteiger partial charge in [-0.25, -0.2) is 0 Å². The Morgan fingerprint density at radius 3 is 2.44 bits per heavy atom. The number of rotatable bonds is 7. The van der Waals surface area contributed by atoms with Crippen molar-refractivity contribution in [2.75, 3.05) is 25.6 Å². The molecular formula is C14H23BrN2S. The summed E-state index contributed by atoms with van der Waals surface area (Å²) in [5, 5.41) is 0. The molecule has 0 fully saturated rings. The largest absolute Gasteiger partial charge is 0.329 e. The van der Waals surface area contributed by atoms with E-state index in [9.17, 15) is 0 Å². The molecule has 0 amide bonds. The van der Waals surface area contributed by atoms with E-state index in [2.05, 4.69) is 65.3 Å². The van der Waals surface area contributed by atoms with Crippen molar-refractivity contribution in [2.45, 2.75) is 25.4 Å². The van der Waals surface area contributed by atoms with Gasteiger partial charge in [0.1, 0.15) is 0 Å². The van der Waals surface area contributed by atoms with Gasteiger partial charge in [0.15, 0.2) is 0 Å². The molecule has 1 aromatic rings. The minimum absolute atomic E-state index is 0.301. The lowest BCUT2D eigenvalue weighted by atomic mass is 10.0. The first-order valence-corrected chi connectivity index (χ1v) is 8.45. The van der Waals surface area contributed by atoms with Crippen molar-refractivity contribution in [3.05, 3.63) is 34.3 Å². The van der Waals surface area contributed by atoms with Crippen LogP contribution < -0.4 is 5.73 Å². The molecule has 0 heterocycles. The van der Waals surface area contributed by atoms with Gasteiger partial charge in [0.25, 0.3) is 0 Å². The van der Waals surface area contributed by atoms with Gasteiger partial charge >= 0.3 is 0 Å². The summed E-state index contributed by atoms with van der Waals surface area (Å²) in [5.74, 6) is 1.20. The number of halogens is 1. The van der Waals surface area contributed by atoms with Crippen LogP contribution in [-0.4, -0.2) is 36.5 Å². The van der Waals surface area contributed by atoms with Crippen LogP contribution in [0.2, 0.25) is 0 Å². The van der Waals surface area contributed by atoms with Crippen LogP contribution in [0.25, 0.3) is 0 Å². The van der Waals surface area contributed by atoms with Crippen molar-refractivity contribution in [3.63, 3.8) is 0 Å². The molecule has 0 saturated heterocycles. The van der Waals surface area contributed by atoms with E-state index in [1.165, 1.54) is 17.7 Å². The highest BCUT2D eigenvalue weighted by atomic mass is 79.9. The van der Waals surface area contributed by atoms with E-state index in [1.54, 1.807) is 0 Å². The summed E-state index contributed by atoms with van der Waals surface area (Å²) in [7, 11) is 2.17. The minimum atomic E-state index is 0.301. The van der Waals surface area contributed by atoms with Gasteiger partial charge in [0.05, 0.1) is 0 Å². The number of thioether (sulfide) groups is 1. The van der Waals surface area contributed by atoms with E-state index in [-0.39, 0.29) is 0 Å². The van der Waals surface area contributed by atoms with Crippen LogP contribution in [0.5, 0.6) is 0 Å². The molecule has 1 aromatic carbocycles. The molecule has 0 radical (unpaired) electrons. The topological polar surface area (TPSA) is 29.3 Å². The van der Waals surface area contributed by atoms with Gasteiger partial charge in [-0.1, -0.05) is 28.1 Å². The molecule has 0 aliphatic carbocycles. The van der Waals surface area contributed by atoms with E-state index in [1.807, 2.05) is 11.8 Å². The zero-order valence-corrected chi connectivity index (χ0v) is 13.8. The molecule has 0 saturated carbocycles. The third-order valence-corrected chi connectivity index (χ3v) is 4.58. The monoisotopic (exact) mass is 330 g/mol. The second-order valence-corrected chi connectivity index (χ2v) is 6.50. The Bertz CT molecular complexity index is 342. The van der Waals surface area contributed by atoms with Gasteiger partial charge in [-0.2, -0.15) is 11.8 Å². The van der Waals surface area contributed by atoms with Crippen LogP contribution in [0.1, 0.15) is 24.9 Å². The maximum absolute atomic E-state index is 5.95. The lowest BCUT2D eigenvalue weighted by molar-refractivity contribution is 0.185. The van der Waals surface area contributed by atoms with Crippen LogP contribution in [0.15, 0.2) is 28.7 Å². The fraction of sp³-hybridized carbons (Fsp3) is 0.571. The molecule has 2 unspecified atom stereocenters. The van der Waals surface area contributed by atoms with Crippen LogP contribution in [0.3, 0.4) is 0 Å². The molecule has 102 valence electrons. The lowest BCUT2D eigenvalue weighted by Crippen LogP contribution is -2.37. The number of benzene rings is 1. The Hall–Kier alpha value is -0.0300. The Balaban J connectivity index is 2.72. The maximum Gasteiger partial charge on any atom is 0.0470 e. The predicted molar refractivity (Wildman–Crippen MR) is 86.2 cm³/mol. The number of nitrogens with zero attached hydrogens (tertiary/aromatic N) is 1. The van der Waals surface area contributed by atoms with Gasteiger partial charge in [0, 0.05) is 23.1 Å². The van der Waals surface area contributed by atoms with Crippen molar-refractivity contribution in [3.8, 4) is 0 Å². The quantitative estimate of drug-likeness (QED) is 0.829. The summed E-state index contributed by atoms with van der Waals surface area (Å²) in [6, 6.07) is 9.32. The molecule has 1 rings (SSSR count). The molecule has 2 N–H and O–H groups in total. The van der Waals surface area contributed by atoms with Crippen LogP contribution >= 0.6 is 27.7 Å². The SMILES string of the molecule is CSCCC(C)N(C)C(CN)c1ccc(Br)cc1. The minimum Gasteiger partial charge on any atom is -0.329 e. The third kappa shape index (κ3) is 4.57. The first-order chi connectivity index (χ1) is 8.60. The molecule has 2 nitrogen and oxygen atoms in total. The zero-order valence-electron chi connectivity index (χ0n) is 11.4. The second kappa shape index (κ2) is 8.20. The number of likely N-dealkylation sites (N-methyl/N-ethyl adjacent to an activating group) is 1. The first kappa shape index (κ1) is 16.0. The maximum atomic E-state index is 5.95. The van der Waals surface area contributed by atoms with Gasteiger partial charge in [0.2, 0.25) is 0 Å². The van der Waals surface area contributed by atoms with Crippen LogP contribution in [0.4, 0.5) is 0 Å². The second-order valence-electron chi connectivity index (χ2n) is 4.60. The summed E-state index contributed by atoms with van der Waals surface area (Å²) >= 11 is 5.37. The van der Waals surface area contributed by atoms with Crippen molar-refractivity contribution in [2.24, 2.45) is 5.73 Å². The van der Waals surface area contributed by atoms with Crippen molar-refractivity contribution in [1.82, 2.24) is 4.90 Å². The summed E-state index contributed by atoms with van der Waals surface area (Å²) < 4.78 is 1.11. The van der Waals surface area contributed by atoms with E-state index < -0.39 is 0 Å². The summed E-state index contributed by atoms with van der Waals surface area (Å²) in [5.41, 5.74) is 7.24. The Morgan fingerprint density at radius 2 is 1.94 bits per heavy atom. The Labute approximate surface area is 123 Å². The highest BCUT2D eigenvalue weighted by Crippen LogP contribution is 2.23. The third-order valence-electron chi connectivity index (χ3n) is 3.40.